The molecule has 8 heavy (non-hydrogen) atoms. The van der Waals surface area contributed by atoms with Gasteiger partial charge in [0.25, 0.3) is 0 Å². The van der Waals surface area contributed by atoms with Gasteiger partial charge in [-0.05, 0) is 6.92 Å². The lowest BCUT2D eigenvalue weighted by molar-refractivity contribution is -0.130. The van der Waals surface area contributed by atoms with Crippen LogP contribution in [0.15, 0.2) is 12.2 Å². The molecule has 0 aliphatic heterocycles. The standard InChI is InChI=1S/C4H6O3Si/c1-3(2)4(5)7-8-6/h6H,1H2,2H3. The second-order valence-electron chi connectivity index (χ2n) is 1.26. The van der Waals surface area contributed by atoms with Gasteiger partial charge in [0.1, 0.15) is 0 Å². The molecule has 3 nitrogen and oxygen atoms in total. The average molecular weight is 130 g/mol. The third kappa shape index (κ3) is 2.54. The molecule has 1 N–H and O–H groups in total. The van der Waals surface area contributed by atoms with Gasteiger partial charge in [0.05, 0.1) is 0 Å². The van der Waals surface area contributed by atoms with E-state index >= 15 is 0 Å². The summed E-state index contributed by atoms with van der Waals surface area (Å²) in [6, 6.07) is 0. The lowest BCUT2D eigenvalue weighted by Crippen LogP contribution is -2.07. The molecule has 2 radical (unpaired) electrons. The van der Waals surface area contributed by atoms with E-state index in [0.29, 0.717) is 5.57 Å². The van der Waals surface area contributed by atoms with E-state index in [2.05, 4.69) is 11.0 Å². The first-order valence-electron chi connectivity index (χ1n) is 1.94. The largest absolute Gasteiger partial charge is 0.520 e. The minimum atomic E-state index is -0.779. The molecule has 0 saturated heterocycles. The predicted molar refractivity (Wildman–Crippen MR) is 28.9 cm³/mol. The molecule has 0 heterocycles. The van der Waals surface area contributed by atoms with Crippen molar-refractivity contribution in [1.29, 1.82) is 0 Å². The fourth-order valence-electron chi connectivity index (χ4n) is 0.129. The Hall–Kier alpha value is -0.613. The highest BCUT2D eigenvalue weighted by Crippen LogP contribution is 1.88. The van der Waals surface area contributed by atoms with E-state index in [1.165, 1.54) is 6.92 Å². The molecule has 0 fully saturated rings. The van der Waals surface area contributed by atoms with Crippen LogP contribution in [0, 0.1) is 0 Å². The maximum Gasteiger partial charge on any atom is 0.520 e. The first kappa shape index (κ1) is 7.39. The summed E-state index contributed by atoms with van der Waals surface area (Å²) in [7, 11) is -0.779. The van der Waals surface area contributed by atoms with Crippen LogP contribution in [0.25, 0.3) is 0 Å². The van der Waals surface area contributed by atoms with Gasteiger partial charge in [0.2, 0.25) is 0 Å². The van der Waals surface area contributed by atoms with Gasteiger partial charge in [-0.3, -0.25) is 0 Å². The van der Waals surface area contributed by atoms with Crippen molar-refractivity contribution in [2.45, 2.75) is 6.92 Å². The first-order valence-corrected chi connectivity index (χ1v) is 2.79. The lowest BCUT2D eigenvalue weighted by Gasteiger charge is -1.94. The SMILES string of the molecule is C=C(C)C(=O)O[Si]O. The van der Waals surface area contributed by atoms with Crippen LogP contribution in [0.2, 0.25) is 0 Å². The van der Waals surface area contributed by atoms with Crippen LogP contribution in [0.4, 0.5) is 0 Å². The van der Waals surface area contributed by atoms with Gasteiger partial charge < -0.3 is 9.22 Å². The number of hydrogen-bond donors (Lipinski definition) is 1. The Bertz CT molecular complexity index is 110. The van der Waals surface area contributed by atoms with E-state index in [1.54, 1.807) is 0 Å². The lowest BCUT2D eigenvalue weighted by atomic mass is 10.4. The van der Waals surface area contributed by atoms with Crippen molar-refractivity contribution in [3.05, 3.63) is 12.2 Å². The number of carbonyl (C=O) groups excluding carboxylic acids is 1. The van der Waals surface area contributed by atoms with E-state index in [0.717, 1.165) is 0 Å². The van der Waals surface area contributed by atoms with Gasteiger partial charge in [-0.15, -0.1) is 0 Å². The molecule has 0 atom stereocenters. The third-order valence-electron chi connectivity index (χ3n) is 0.487. The van der Waals surface area contributed by atoms with Crippen molar-refractivity contribution in [2.24, 2.45) is 0 Å². The molecule has 0 unspecified atom stereocenters. The Morgan fingerprint density at radius 1 is 1.88 bits per heavy atom. The summed E-state index contributed by atoms with van der Waals surface area (Å²) in [5.41, 5.74) is 0.298. The van der Waals surface area contributed by atoms with E-state index in [4.69, 9.17) is 4.80 Å². The quantitative estimate of drug-likeness (QED) is 0.410. The molecule has 0 amide bonds. The highest BCUT2D eigenvalue weighted by Gasteiger charge is 2.00. The molecule has 0 aliphatic rings. The molecule has 0 aromatic carbocycles. The smallest absolute Gasteiger partial charge is 0.487 e. The zero-order valence-corrected chi connectivity index (χ0v) is 5.47. The second-order valence-corrected chi connectivity index (χ2v) is 1.65. The van der Waals surface area contributed by atoms with Gasteiger partial charge in [-0.1, -0.05) is 6.58 Å². The van der Waals surface area contributed by atoms with Crippen LogP contribution in [0.5, 0.6) is 0 Å². The number of carbonyl (C=O) groups is 1. The Kier molecular flexibility index (Phi) is 3.14. The molecule has 4 heteroatoms. The van der Waals surface area contributed by atoms with Crippen molar-refractivity contribution in [1.82, 2.24) is 0 Å². The van der Waals surface area contributed by atoms with Gasteiger partial charge in [-0.2, -0.15) is 0 Å². The summed E-state index contributed by atoms with van der Waals surface area (Å²) in [6.07, 6.45) is 0. The fraction of sp³-hybridized carbons (Fsp3) is 0.250. The molecule has 0 aromatic heterocycles. The molecule has 0 spiro atoms. The van der Waals surface area contributed by atoms with Crippen LogP contribution in [0.1, 0.15) is 6.92 Å². The monoisotopic (exact) mass is 130 g/mol. The molecular weight excluding hydrogens is 124 g/mol. The highest BCUT2D eigenvalue weighted by atomic mass is 28.2. The Morgan fingerprint density at radius 2 is 2.38 bits per heavy atom. The Labute approximate surface area is 50.0 Å². The number of hydrogen-bond acceptors (Lipinski definition) is 3. The maximum atomic E-state index is 10.3. The molecule has 0 saturated carbocycles. The molecule has 0 aliphatic carbocycles. The van der Waals surface area contributed by atoms with Crippen LogP contribution in [-0.2, 0) is 9.22 Å². The minimum absolute atomic E-state index is 0.298. The van der Waals surface area contributed by atoms with E-state index < -0.39 is 16.0 Å². The predicted octanol–water partition coefficient (Wildman–Crippen LogP) is -0.368. The van der Waals surface area contributed by atoms with Gasteiger partial charge >= 0.3 is 16.0 Å². The highest BCUT2D eigenvalue weighted by molar-refractivity contribution is 6.21. The van der Waals surface area contributed by atoms with Crippen molar-refractivity contribution in [3.8, 4) is 0 Å². The van der Waals surface area contributed by atoms with Crippen LogP contribution in [-0.4, -0.2) is 20.8 Å². The van der Waals surface area contributed by atoms with Crippen molar-refractivity contribution < 1.29 is 14.0 Å². The Balaban J connectivity index is 3.49. The minimum Gasteiger partial charge on any atom is -0.487 e. The van der Waals surface area contributed by atoms with E-state index in [-0.39, 0.29) is 0 Å². The van der Waals surface area contributed by atoms with Crippen molar-refractivity contribution in [3.63, 3.8) is 0 Å². The summed E-state index contributed by atoms with van der Waals surface area (Å²) >= 11 is 0. The maximum absolute atomic E-state index is 10.3. The van der Waals surface area contributed by atoms with Crippen LogP contribution in [0.3, 0.4) is 0 Å². The molecule has 0 rings (SSSR count). The summed E-state index contributed by atoms with van der Waals surface area (Å²) in [4.78, 5) is 18.3. The zero-order valence-electron chi connectivity index (χ0n) is 4.47. The topological polar surface area (TPSA) is 46.5 Å². The first-order chi connectivity index (χ1) is 3.68. The molecule has 44 valence electrons. The van der Waals surface area contributed by atoms with Crippen LogP contribution < -0.4 is 0 Å². The summed E-state index contributed by atoms with van der Waals surface area (Å²) in [5, 5.41) is 0. The second kappa shape index (κ2) is 3.40. The average Bonchev–Trinajstić information content (AvgIpc) is 1.67. The normalized spacial score (nSPS) is 8.25. The van der Waals surface area contributed by atoms with E-state index in [1.807, 2.05) is 0 Å². The van der Waals surface area contributed by atoms with Gasteiger partial charge in [0.15, 0.2) is 0 Å². The molecule has 0 bridgehead atoms. The van der Waals surface area contributed by atoms with E-state index in [9.17, 15) is 4.79 Å². The summed E-state index contributed by atoms with van der Waals surface area (Å²) in [5.74, 6) is -0.550. The zero-order chi connectivity index (χ0) is 6.57. The van der Waals surface area contributed by atoms with Crippen molar-refractivity contribution in [2.75, 3.05) is 0 Å². The van der Waals surface area contributed by atoms with Gasteiger partial charge in [-0.25, -0.2) is 4.79 Å². The third-order valence-corrected chi connectivity index (χ3v) is 0.763. The summed E-state index contributed by atoms with van der Waals surface area (Å²) in [6.45, 7) is 4.81. The van der Waals surface area contributed by atoms with Crippen molar-refractivity contribution >= 4 is 16.0 Å². The number of rotatable bonds is 2. The molecular formula is C4H6O3Si. The van der Waals surface area contributed by atoms with Crippen LogP contribution >= 0.6 is 0 Å². The summed E-state index contributed by atoms with van der Waals surface area (Å²) < 4.78 is 4.15. The molecule has 0 aromatic rings. The van der Waals surface area contributed by atoms with Gasteiger partial charge in [0, 0.05) is 5.57 Å². The fourth-order valence-corrected chi connectivity index (χ4v) is 0.386. The Morgan fingerprint density at radius 3 is 2.50 bits per heavy atom.